The molecule has 0 radical (unpaired) electrons. The van der Waals surface area contributed by atoms with Crippen molar-refractivity contribution in [2.75, 3.05) is 6.54 Å². The van der Waals surface area contributed by atoms with E-state index in [9.17, 15) is 9.59 Å². The lowest BCUT2D eigenvalue weighted by Crippen LogP contribution is -2.36. The van der Waals surface area contributed by atoms with Gasteiger partial charge in [-0.25, -0.2) is 4.79 Å². The molecule has 1 aliphatic heterocycles. The number of nitrogens with zero attached hydrogens (tertiary/aromatic N) is 2. The zero-order valence-corrected chi connectivity index (χ0v) is 13.4. The number of aromatic nitrogens is 1. The zero-order chi connectivity index (χ0) is 16.9. The first-order valence-corrected chi connectivity index (χ1v) is 8.19. The van der Waals surface area contributed by atoms with Crippen LogP contribution in [0, 0.1) is 0 Å². The molecule has 1 amide bonds. The number of amides is 1. The van der Waals surface area contributed by atoms with Gasteiger partial charge in [-0.15, -0.1) is 0 Å². The van der Waals surface area contributed by atoms with E-state index < -0.39 is 5.97 Å². The largest absolute Gasteiger partial charge is 0.478 e. The Labute approximate surface area is 140 Å². The monoisotopic (exact) mass is 324 g/mol. The molecule has 124 valence electrons. The Bertz CT molecular complexity index is 713. The lowest BCUT2D eigenvalue weighted by Gasteiger charge is -2.24. The zero-order valence-electron chi connectivity index (χ0n) is 13.4. The molecular formula is C19H20N2O3. The molecule has 1 saturated heterocycles. The number of carbonyl (C=O) groups is 2. The van der Waals surface area contributed by atoms with Crippen LogP contribution >= 0.6 is 0 Å². The molecule has 5 nitrogen and oxygen atoms in total. The van der Waals surface area contributed by atoms with Crippen molar-refractivity contribution in [3.63, 3.8) is 0 Å². The second-order valence-electron chi connectivity index (χ2n) is 6.06. The van der Waals surface area contributed by atoms with Crippen molar-refractivity contribution in [3.05, 3.63) is 65.5 Å². The van der Waals surface area contributed by atoms with Crippen molar-refractivity contribution in [1.29, 1.82) is 0 Å². The van der Waals surface area contributed by atoms with Gasteiger partial charge >= 0.3 is 5.97 Å². The second kappa shape index (κ2) is 7.25. The van der Waals surface area contributed by atoms with Gasteiger partial charge in [-0.2, -0.15) is 0 Å². The third-order valence-corrected chi connectivity index (χ3v) is 4.48. The van der Waals surface area contributed by atoms with E-state index in [1.807, 2.05) is 23.1 Å². The number of carboxylic acids is 1. The highest BCUT2D eigenvalue weighted by Gasteiger charge is 2.29. The van der Waals surface area contributed by atoms with Crippen LogP contribution in [0.25, 0.3) is 0 Å². The first-order chi connectivity index (χ1) is 11.6. The average molecular weight is 324 g/mol. The number of likely N-dealkylation sites (tertiary alicyclic amines) is 1. The van der Waals surface area contributed by atoms with E-state index in [0.29, 0.717) is 5.69 Å². The number of pyridine rings is 1. The molecule has 5 heteroatoms. The topological polar surface area (TPSA) is 70.5 Å². The van der Waals surface area contributed by atoms with Crippen LogP contribution in [0.2, 0.25) is 0 Å². The van der Waals surface area contributed by atoms with Gasteiger partial charge < -0.3 is 10.0 Å². The molecule has 1 unspecified atom stereocenters. The van der Waals surface area contributed by atoms with Crippen molar-refractivity contribution in [2.45, 2.75) is 31.7 Å². The third kappa shape index (κ3) is 3.62. The highest BCUT2D eigenvalue weighted by Crippen LogP contribution is 2.23. The average Bonchev–Trinajstić information content (AvgIpc) is 3.09. The maximum atomic E-state index is 12.7. The molecule has 0 bridgehead atoms. The van der Waals surface area contributed by atoms with Crippen LogP contribution in [0.5, 0.6) is 0 Å². The highest BCUT2D eigenvalue weighted by molar-refractivity contribution is 5.94. The van der Waals surface area contributed by atoms with Gasteiger partial charge in [0.25, 0.3) is 5.91 Å². The van der Waals surface area contributed by atoms with Crippen LogP contribution in [0.15, 0.2) is 48.7 Å². The normalized spacial score (nSPS) is 17.0. The molecule has 1 fully saturated rings. The molecule has 24 heavy (non-hydrogen) atoms. The van der Waals surface area contributed by atoms with Gasteiger partial charge in [0.2, 0.25) is 0 Å². The first-order valence-electron chi connectivity index (χ1n) is 8.19. The van der Waals surface area contributed by atoms with E-state index in [-0.39, 0.29) is 17.5 Å². The van der Waals surface area contributed by atoms with Crippen molar-refractivity contribution in [2.24, 2.45) is 0 Å². The number of hydrogen-bond donors (Lipinski definition) is 1. The molecule has 3 rings (SSSR count). The van der Waals surface area contributed by atoms with E-state index in [1.54, 1.807) is 0 Å². The summed E-state index contributed by atoms with van der Waals surface area (Å²) in [6.45, 7) is 0.737. The van der Waals surface area contributed by atoms with Crippen molar-refractivity contribution in [3.8, 4) is 0 Å². The number of aryl methyl sites for hydroxylation is 1. The van der Waals surface area contributed by atoms with Gasteiger partial charge in [0.1, 0.15) is 5.69 Å². The fourth-order valence-corrected chi connectivity index (χ4v) is 3.18. The van der Waals surface area contributed by atoms with Crippen LogP contribution in [-0.4, -0.2) is 39.5 Å². The molecule has 1 aromatic heterocycles. The Morgan fingerprint density at radius 2 is 1.96 bits per heavy atom. The molecule has 2 aromatic rings. The standard InChI is InChI=1S/C19H20N2O3/c22-18(17-11-9-15(13-20-17)19(23)24)21-12-4-7-16(21)10-8-14-5-2-1-3-6-14/h1-3,5-6,9,11,13,16H,4,7-8,10,12H2,(H,23,24). The van der Waals surface area contributed by atoms with E-state index >= 15 is 0 Å². The summed E-state index contributed by atoms with van der Waals surface area (Å²) < 4.78 is 0. The molecule has 0 aliphatic carbocycles. The minimum Gasteiger partial charge on any atom is -0.478 e. The Balaban J connectivity index is 1.65. The van der Waals surface area contributed by atoms with Crippen LogP contribution in [0.3, 0.4) is 0 Å². The van der Waals surface area contributed by atoms with Crippen molar-refractivity contribution in [1.82, 2.24) is 9.88 Å². The lowest BCUT2D eigenvalue weighted by atomic mass is 10.0. The van der Waals surface area contributed by atoms with Crippen LogP contribution in [0.4, 0.5) is 0 Å². The number of aromatic carboxylic acids is 1. The van der Waals surface area contributed by atoms with Crippen LogP contribution in [0.1, 0.15) is 45.7 Å². The molecule has 0 spiro atoms. The van der Waals surface area contributed by atoms with E-state index in [4.69, 9.17) is 5.11 Å². The van der Waals surface area contributed by atoms with Gasteiger partial charge in [0, 0.05) is 18.8 Å². The SMILES string of the molecule is O=C(O)c1ccc(C(=O)N2CCCC2CCc2ccccc2)nc1. The predicted molar refractivity (Wildman–Crippen MR) is 90.0 cm³/mol. The summed E-state index contributed by atoms with van der Waals surface area (Å²) in [4.78, 5) is 29.4. The number of hydrogen-bond acceptors (Lipinski definition) is 3. The Morgan fingerprint density at radius 1 is 1.17 bits per heavy atom. The molecule has 2 heterocycles. The summed E-state index contributed by atoms with van der Waals surface area (Å²) in [7, 11) is 0. The lowest BCUT2D eigenvalue weighted by molar-refractivity contribution is 0.0689. The van der Waals surface area contributed by atoms with E-state index in [2.05, 4.69) is 17.1 Å². The quantitative estimate of drug-likeness (QED) is 0.918. The Hall–Kier alpha value is -2.69. The number of rotatable bonds is 5. The maximum absolute atomic E-state index is 12.7. The molecule has 1 atom stereocenters. The van der Waals surface area contributed by atoms with Crippen LogP contribution < -0.4 is 0 Å². The molecule has 1 N–H and O–H groups in total. The Morgan fingerprint density at radius 3 is 2.62 bits per heavy atom. The smallest absolute Gasteiger partial charge is 0.337 e. The van der Waals surface area contributed by atoms with E-state index in [1.165, 1.54) is 23.9 Å². The summed E-state index contributed by atoms with van der Waals surface area (Å²) in [5.74, 6) is -1.15. The minimum atomic E-state index is -1.04. The molecular weight excluding hydrogens is 304 g/mol. The maximum Gasteiger partial charge on any atom is 0.337 e. The fourth-order valence-electron chi connectivity index (χ4n) is 3.18. The van der Waals surface area contributed by atoms with Gasteiger partial charge in [-0.1, -0.05) is 30.3 Å². The Kier molecular flexibility index (Phi) is 4.89. The summed E-state index contributed by atoms with van der Waals surface area (Å²) in [5.41, 5.74) is 1.68. The molecule has 1 aromatic carbocycles. The summed E-state index contributed by atoms with van der Waals surface area (Å²) in [6.07, 6.45) is 5.12. The summed E-state index contributed by atoms with van der Waals surface area (Å²) in [5, 5.41) is 8.91. The second-order valence-corrected chi connectivity index (χ2v) is 6.06. The number of carboxylic acid groups (broad SMARTS) is 1. The van der Waals surface area contributed by atoms with Crippen molar-refractivity contribution >= 4 is 11.9 Å². The predicted octanol–water partition coefficient (Wildman–Crippen LogP) is 3.02. The molecule has 0 saturated carbocycles. The summed E-state index contributed by atoms with van der Waals surface area (Å²) in [6, 6.07) is 13.4. The minimum absolute atomic E-state index is 0.0913. The first kappa shape index (κ1) is 16.2. The van der Waals surface area contributed by atoms with Gasteiger partial charge in [0.05, 0.1) is 5.56 Å². The van der Waals surface area contributed by atoms with E-state index in [0.717, 1.165) is 32.2 Å². The van der Waals surface area contributed by atoms with Gasteiger partial charge in [-0.05, 0) is 43.4 Å². The number of benzene rings is 1. The van der Waals surface area contributed by atoms with Crippen molar-refractivity contribution < 1.29 is 14.7 Å². The number of carbonyl (C=O) groups excluding carboxylic acids is 1. The van der Waals surface area contributed by atoms with Gasteiger partial charge in [-0.3, -0.25) is 9.78 Å². The van der Waals surface area contributed by atoms with Crippen LogP contribution in [-0.2, 0) is 6.42 Å². The highest BCUT2D eigenvalue weighted by atomic mass is 16.4. The third-order valence-electron chi connectivity index (χ3n) is 4.48. The summed E-state index contributed by atoms with van der Waals surface area (Å²) >= 11 is 0. The van der Waals surface area contributed by atoms with Gasteiger partial charge in [0.15, 0.2) is 0 Å². The molecule has 1 aliphatic rings. The fraction of sp³-hybridized carbons (Fsp3) is 0.316.